The molecular formula is C16H17FN2. The molecule has 0 bridgehead atoms. The summed E-state index contributed by atoms with van der Waals surface area (Å²) in [6, 6.07) is 10.6. The Morgan fingerprint density at radius 1 is 1.21 bits per heavy atom. The van der Waals surface area contributed by atoms with Gasteiger partial charge in [0.25, 0.3) is 0 Å². The normalized spacial score (nSPS) is 18.1. The van der Waals surface area contributed by atoms with E-state index in [9.17, 15) is 4.39 Å². The Morgan fingerprint density at radius 3 is 2.89 bits per heavy atom. The van der Waals surface area contributed by atoms with Crippen molar-refractivity contribution in [1.29, 1.82) is 0 Å². The summed E-state index contributed by atoms with van der Waals surface area (Å²) in [6.07, 6.45) is 6.27. The summed E-state index contributed by atoms with van der Waals surface area (Å²) in [5, 5.41) is 3.50. The third-order valence-electron chi connectivity index (χ3n) is 3.70. The van der Waals surface area contributed by atoms with Crippen molar-refractivity contribution in [1.82, 2.24) is 10.3 Å². The van der Waals surface area contributed by atoms with Crippen LogP contribution in [0.1, 0.15) is 23.1 Å². The fourth-order valence-electron chi connectivity index (χ4n) is 2.69. The fraction of sp³-hybridized carbons (Fsp3) is 0.312. The van der Waals surface area contributed by atoms with Crippen molar-refractivity contribution in [3.05, 3.63) is 65.2 Å². The van der Waals surface area contributed by atoms with E-state index in [1.807, 2.05) is 0 Å². The molecule has 0 saturated carbocycles. The lowest BCUT2D eigenvalue weighted by molar-refractivity contribution is 0.456. The molecule has 1 aliphatic rings. The molecule has 1 N–H and O–H groups in total. The van der Waals surface area contributed by atoms with Crippen LogP contribution in [-0.4, -0.2) is 11.0 Å². The lowest BCUT2D eigenvalue weighted by Crippen LogP contribution is -2.34. The molecule has 3 heteroatoms. The number of benzene rings is 1. The minimum atomic E-state index is -0.270. The van der Waals surface area contributed by atoms with E-state index in [4.69, 9.17) is 0 Å². The van der Waals surface area contributed by atoms with Crippen LogP contribution in [0.25, 0.3) is 0 Å². The van der Waals surface area contributed by atoms with E-state index >= 15 is 0 Å². The van der Waals surface area contributed by atoms with Gasteiger partial charge in [-0.2, -0.15) is 0 Å². The molecule has 1 heterocycles. The van der Waals surface area contributed by atoms with Crippen molar-refractivity contribution in [2.24, 2.45) is 0 Å². The van der Waals surface area contributed by atoms with Crippen LogP contribution in [0.4, 0.5) is 4.39 Å². The smallest absolute Gasteiger partial charge is 0.141 e. The number of halogens is 1. The largest absolute Gasteiger partial charge is 0.310 e. The number of aromatic nitrogens is 1. The van der Waals surface area contributed by atoms with Gasteiger partial charge in [0.05, 0.1) is 6.20 Å². The maximum absolute atomic E-state index is 13.0. The van der Waals surface area contributed by atoms with E-state index in [2.05, 4.69) is 34.6 Å². The number of hydrogen-bond acceptors (Lipinski definition) is 2. The van der Waals surface area contributed by atoms with E-state index in [0.717, 1.165) is 24.8 Å². The van der Waals surface area contributed by atoms with Gasteiger partial charge in [-0.3, -0.25) is 4.98 Å². The van der Waals surface area contributed by atoms with E-state index in [0.29, 0.717) is 12.6 Å². The summed E-state index contributed by atoms with van der Waals surface area (Å²) in [5.74, 6) is -0.270. The number of pyridine rings is 1. The van der Waals surface area contributed by atoms with Gasteiger partial charge < -0.3 is 5.32 Å². The first-order valence-electron chi connectivity index (χ1n) is 6.71. The van der Waals surface area contributed by atoms with Gasteiger partial charge in [-0.1, -0.05) is 24.3 Å². The Labute approximate surface area is 112 Å². The first kappa shape index (κ1) is 12.3. The average Bonchev–Trinajstić information content (AvgIpc) is 2.45. The number of nitrogens with one attached hydrogen (secondary N) is 1. The first-order valence-corrected chi connectivity index (χ1v) is 6.71. The third-order valence-corrected chi connectivity index (χ3v) is 3.70. The Bertz CT molecular complexity index is 568. The fourth-order valence-corrected chi connectivity index (χ4v) is 2.69. The second-order valence-corrected chi connectivity index (χ2v) is 5.10. The van der Waals surface area contributed by atoms with Gasteiger partial charge in [0, 0.05) is 18.8 Å². The second-order valence-electron chi connectivity index (χ2n) is 5.10. The van der Waals surface area contributed by atoms with E-state index in [1.54, 1.807) is 6.20 Å². The minimum Gasteiger partial charge on any atom is -0.310 e. The van der Waals surface area contributed by atoms with Gasteiger partial charge >= 0.3 is 0 Å². The van der Waals surface area contributed by atoms with Crippen molar-refractivity contribution < 1.29 is 4.39 Å². The van der Waals surface area contributed by atoms with Crippen LogP contribution in [0.3, 0.4) is 0 Å². The quantitative estimate of drug-likeness (QED) is 0.913. The molecule has 1 aromatic carbocycles. The standard InChI is InChI=1S/C16H17FN2/c17-15-7-12(9-18-11-15)10-19-16-6-5-13-3-1-2-4-14(13)8-16/h1-4,7,9,11,16,19H,5-6,8,10H2. The molecule has 1 aromatic heterocycles. The summed E-state index contributed by atoms with van der Waals surface area (Å²) >= 11 is 0. The van der Waals surface area contributed by atoms with Gasteiger partial charge in [0.2, 0.25) is 0 Å². The molecule has 0 aliphatic heterocycles. The van der Waals surface area contributed by atoms with Crippen LogP contribution in [0.5, 0.6) is 0 Å². The van der Waals surface area contributed by atoms with Gasteiger partial charge in [-0.15, -0.1) is 0 Å². The predicted molar refractivity (Wildman–Crippen MR) is 73.3 cm³/mol. The second kappa shape index (κ2) is 5.49. The van der Waals surface area contributed by atoms with E-state index in [-0.39, 0.29) is 5.82 Å². The number of fused-ring (bicyclic) bond motifs is 1. The Hall–Kier alpha value is -1.74. The molecule has 0 fully saturated rings. The molecule has 19 heavy (non-hydrogen) atoms. The lowest BCUT2D eigenvalue weighted by atomic mass is 9.88. The highest BCUT2D eigenvalue weighted by Crippen LogP contribution is 2.21. The van der Waals surface area contributed by atoms with Gasteiger partial charge in [0.1, 0.15) is 5.82 Å². The predicted octanol–water partition coefficient (Wildman–Crippen LogP) is 2.87. The Kier molecular flexibility index (Phi) is 3.56. The topological polar surface area (TPSA) is 24.9 Å². The lowest BCUT2D eigenvalue weighted by Gasteiger charge is -2.25. The van der Waals surface area contributed by atoms with Gasteiger partial charge in [0.15, 0.2) is 0 Å². The van der Waals surface area contributed by atoms with Gasteiger partial charge in [-0.05, 0) is 42.0 Å². The summed E-state index contributed by atoms with van der Waals surface area (Å²) in [6.45, 7) is 0.678. The first-order chi connectivity index (χ1) is 9.31. The Balaban J connectivity index is 1.61. The summed E-state index contributed by atoms with van der Waals surface area (Å²) in [4.78, 5) is 3.87. The van der Waals surface area contributed by atoms with Crippen molar-refractivity contribution >= 4 is 0 Å². The van der Waals surface area contributed by atoms with Gasteiger partial charge in [-0.25, -0.2) is 4.39 Å². The van der Waals surface area contributed by atoms with Crippen LogP contribution in [0.2, 0.25) is 0 Å². The summed E-state index contributed by atoms with van der Waals surface area (Å²) in [7, 11) is 0. The van der Waals surface area contributed by atoms with Crippen molar-refractivity contribution in [2.75, 3.05) is 0 Å². The molecule has 1 aliphatic carbocycles. The highest BCUT2D eigenvalue weighted by atomic mass is 19.1. The highest BCUT2D eigenvalue weighted by Gasteiger charge is 2.17. The van der Waals surface area contributed by atoms with Crippen LogP contribution in [0, 0.1) is 5.82 Å². The maximum atomic E-state index is 13.0. The third kappa shape index (κ3) is 2.99. The minimum absolute atomic E-state index is 0.270. The molecule has 0 saturated heterocycles. The average molecular weight is 256 g/mol. The molecular weight excluding hydrogens is 239 g/mol. The molecule has 3 rings (SSSR count). The number of hydrogen-bond donors (Lipinski definition) is 1. The SMILES string of the molecule is Fc1cncc(CNC2CCc3ccccc3C2)c1. The summed E-state index contributed by atoms with van der Waals surface area (Å²) < 4.78 is 13.0. The molecule has 2 nitrogen and oxygen atoms in total. The van der Waals surface area contributed by atoms with Crippen molar-refractivity contribution in [3.8, 4) is 0 Å². The number of aryl methyl sites for hydroxylation is 1. The number of rotatable bonds is 3. The Morgan fingerprint density at radius 2 is 2.05 bits per heavy atom. The zero-order valence-corrected chi connectivity index (χ0v) is 10.8. The van der Waals surface area contributed by atoms with E-state index < -0.39 is 0 Å². The zero-order valence-electron chi connectivity index (χ0n) is 10.8. The maximum Gasteiger partial charge on any atom is 0.141 e. The van der Waals surface area contributed by atoms with Crippen molar-refractivity contribution in [3.63, 3.8) is 0 Å². The van der Waals surface area contributed by atoms with Crippen LogP contribution >= 0.6 is 0 Å². The van der Waals surface area contributed by atoms with Crippen LogP contribution < -0.4 is 5.32 Å². The highest BCUT2D eigenvalue weighted by molar-refractivity contribution is 5.30. The molecule has 0 amide bonds. The van der Waals surface area contributed by atoms with E-state index in [1.165, 1.54) is 23.4 Å². The monoisotopic (exact) mass is 256 g/mol. The molecule has 0 spiro atoms. The molecule has 98 valence electrons. The van der Waals surface area contributed by atoms with Crippen molar-refractivity contribution in [2.45, 2.75) is 31.8 Å². The van der Waals surface area contributed by atoms with Crippen LogP contribution in [-0.2, 0) is 19.4 Å². The molecule has 0 radical (unpaired) electrons. The number of nitrogens with zero attached hydrogens (tertiary/aromatic N) is 1. The molecule has 1 unspecified atom stereocenters. The zero-order chi connectivity index (χ0) is 13.1. The molecule has 1 atom stereocenters. The molecule has 2 aromatic rings. The van der Waals surface area contributed by atoms with Crippen LogP contribution in [0.15, 0.2) is 42.7 Å². The summed E-state index contributed by atoms with van der Waals surface area (Å²) in [5.41, 5.74) is 3.80.